The molecule has 0 bridgehead atoms. The summed E-state index contributed by atoms with van der Waals surface area (Å²) in [5.41, 5.74) is 4.49. The summed E-state index contributed by atoms with van der Waals surface area (Å²) in [6.07, 6.45) is 1.60. The lowest BCUT2D eigenvalue weighted by atomic mass is 9.96. The highest BCUT2D eigenvalue weighted by Gasteiger charge is 2.19. The lowest BCUT2D eigenvalue weighted by Gasteiger charge is -2.17. The molecule has 7 nitrogen and oxygen atoms in total. The Bertz CT molecular complexity index is 1900. The van der Waals surface area contributed by atoms with Gasteiger partial charge < -0.3 is 14.2 Å². The summed E-state index contributed by atoms with van der Waals surface area (Å²) in [4.78, 5) is 18.7. The van der Waals surface area contributed by atoms with Crippen molar-refractivity contribution in [2.24, 2.45) is 5.10 Å². The Balaban J connectivity index is 1.59. The van der Waals surface area contributed by atoms with Crippen molar-refractivity contribution in [3.05, 3.63) is 116 Å². The number of halogens is 2. The minimum atomic E-state index is -0.306. The monoisotopic (exact) mass is 657 g/mol. The first kappa shape index (κ1) is 30.9. The second-order valence-electron chi connectivity index (χ2n) is 10.6. The van der Waals surface area contributed by atoms with Crippen LogP contribution in [0.15, 0.2) is 87.2 Å². The number of nitrogens with zero attached hydrogens (tertiary/aromatic N) is 3. The van der Waals surface area contributed by atoms with E-state index >= 15 is 0 Å². The third-order valence-electron chi connectivity index (χ3n) is 7.14. The molecule has 0 saturated heterocycles. The van der Waals surface area contributed by atoms with Gasteiger partial charge in [-0.15, -0.1) is 0 Å². The normalized spacial score (nSPS) is 11.5. The van der Waals surface area contributed by atoms with E-state index in [-0.39, 0.29) is 23.9 Å². The zero-order valence-electron chi connectivity index (χ0n) is 25.2. The van der Waals surface area contributed by atoms with Gasteiger partial charge in [-0.2, -0.15) is 9.78 Å². The molecule has 5 aromatic rings. The van der Waals surface area contributed by atoms with Crippen LogP contribution in [0.2, 0.25) is 0 Å². The second kappa shape index (κ2) is 13.4. The van der Waals surface area contributed by atoms with Crippen LogP contribution in [0.25, 0.3) is 22.3 Å². The molecule has 0 aliphatic carbocycles. The maximum absolute atomic E-state index is 13.8. The van der Waals surface area contributed by atoms with Gasteiger partial charge in [-0.25, -0.2) is 9.37 Å². The highest BCUT2D eigenvalue weighted by Crippen LogP contribution is 2.38. The van der Waals surface area contributed by atoms with E-state index in [1.54, 1.807) is 37.6 Å². The molecule has 0 unspecified atom stereocenters. The van der Waals surface area contributed by atoms with Crippen LogP contribution in [-0.4, -0.2) is 29.6 Å². The average molecular weight is 659 g/mol. The number of aromatic nitrogens is 2. The summed E-state index contributed by atoms with van der Waals surface area (Å²) in [6.45, 7) is 8.68. The predicted octanol–water partition coefficient (Wildman–Crippen LogP) is 8.27. The lowest BCUT2D eigenvalue weighted by Crippen LogP contribution is -2.20. The Kier molecular flexibility index (Phi) is 9.44. The summed E-state index contributed by atoms with van der Waals surface area (Å²) in [5.74, 6) is 2.10. The van der Waals surface area contributed by atoms with Gasteiger partial charge in [-0.3, -0.25) is 4.79 Å². The van der Waals surface area contributed by atoms with Crippen LogP contribution in [-0.2, 0) is 6.61 Å². The number of rotatable bonds is 10. The Hall–Kier alpha value is -4.50. The molecule has 0 fully saturated rings. The molecule has 0 atom stereocenters. The van der Waals surface area contributed by atoms with E-state index < -0.39 is 0 Å². The number of aryl methyl sites for hydroxylation is 1. The van der Waals surface area contributed by atoms with Gasteiger partial charge in [0.25, 0.3) is 5.56 Å². The number of methoxy groups -OCH3 is 1. The van der Waals surface area contributed by atoms with Crippen LogP contribution in [0.4, 0.5) is 4.39 Å². The van der Waals surface area contributed by atoms with Crippen molar-refractivity contribution in [2.45, 2.75) is 40.2 Å². The molecule has 9 heteroatoms. The van der Waals surface area contributed by atoms with Gasteiger partial charge in [-0.1, -0.05) is 38.1 Å². The summed E-state index contributed by atoms with van der Waals surface area (Å²) in [6, 6.07) is 21.0. The molecule has 0 N–H and O–H groups in total. The molecule has 5 rings (SSSR count). The topological polar surface area (TPSA) is 74.9 Å². The first-order valence-electron chi connectivity index (χ1n) is 14.3. The van der Waals surface area contributed by atoms with Gasteiger partial charge >= 0.3 is 0 Å². The van der Waals surface area contributed by atoms with E-state index in [4.69, 9.17) is 19.2 Å². The van der Waals surface area contributed by atoms with Crippen molar-refractivity contribution in [3.63, 3.8) is 0 Å². The summed E-state index contributed by atoms with van der Waals surface area (Å²) in [5, 5.41) is 5.13. The van der Waals surface area contributed by atoms with E-state index in [9.17, 15) is 9.18 Å². The molecule has 44 heavy (non-hydrogen) atoms. The van der Waals surface area contributed by atoms with Gasteiger partial charge in [0.1, 0.15) is 18.2 Å². The number of hydrogen-bond donors (Lipinski definition) is 0. The van der Waals surface area contributed by atoms with Crippen molar-refractivity contribution in [1.82, 2.24) is 9.66 Å². The fraction of sp³-hybridized carbons (Fsp3) is 0.229. The smallest absolute Gasteiger partial charge is 0.282 e. The summed E-state index contributed by atoms with van der Waals surface area (Å²) < 4.78 is 32.9. The van der Waals surface area contributed by atoms with E-state index in [1.165, 1.54) is 16.8 Å². The molecule has 0 spiro atoms. The zero-order valence-corrected chi connectivity index (χ0v) is 26.8. The molecular formula is C35H33BrFN3O4. The van der Waals surface area contributed by atoms with Crippen LogP contribution in [0, 0.1) is 12.7 Å². The van der Waals surface area contributed by atoms with Crippen LogP contribution in [0.3, 0.4) is 0 Å². The van der Waals surface area contributed by atoms with E-state index in [2.05, 4.69) is 34.9 Å². The number of hydrogen-bond acceptors (Lipinski definition) is 6. The number of para-hydroxylation sites is 1. The van der Waals surface area contributed by atoms with E-state index in [1.807, 2.05) is 50.2 Å². The van der Waals surface area contributed by atoms with Gasteiger partial charge in [0.05, 0.1) is 35.3 Å². The second-order valence-corrected chi connectivity index (χ2v) is 11.4. The maximum Gasteiger partial charge on any atom is 0.282 e. The molecule has 226 valence electrons. The molecule has 1 aromatic heterocycles. The van der Waals surface area contributed by atoms with Gasteiger partial charge in [0.15, 0.2) is 17.3 Å². The molecular weight excluding hydrogens is 625 g/mol. The number of benzene rings is 4. The number of ether oxygens (including phenoxy) is 3. The van der Waals surface area contributed by atoms with Crippen molar-refractivity contribution in [3.8, 4) is 28.6 Å². The molecule has 0 amide bonds. The molecule has 0 saturated carbocycles. The Morgan fingerprint density at radius 2 is 1.77 bits per heavy atom. The van der Waals surface area contributed by atoms with Crippen molar-refractivity contribution >= 4 is 33.0 Å². The quantitative estimate of drug-likeness (QED) is 0.141. The van der Waals surface area contributed by atoms with E-state index in [0.29, 0.717) is 44.9 Å². The molecule has 1 heterocycles. The Morgan fingerprint density at radius 1 is 1.02 bits per heavy atom. The van der Waals surface area contributed by atoms with Crippen molar-refractivity contribution < 1.29 is 18.6 Å². The Labute approximate surface area is 264 Å². The van der Waals surface area contributed by atoms with Gasteiger partial charge in [0.2, 0.25) is 0 Å². The van der Waals surface area contributed by atoms with Crippen LogP contribution >= 0.6 is 15.9 Å². The molecule has 4 aromatic carbocycles. The predicted molar refractivity (Wildman–Crippen MR) is 176 cm³/mol. The highest BCUT2D eigenvalue weighted by atomic mass is 79.9. The summed E-state index contributed by atoms with van der Waals surface area (Å²) >= 11 is 3.60. The first-order chi connectivity index (χ1) is 21.2. The molecule has 0 aliphatic heterocycles. The lowest BCUT2D eigenvalue weighted by molar-refractivity contribution is 0.267. The fourth-order valence-corrected chi connectivity index (χ4v) is 5.47. The fourth-order valence-electron chi connectivity index (χ4n) is 4.90. The van der Waals surface area contributed by atoms with Crippen molar-refractivity contribution in [2.75, 3.05) is 13.7 Å². The van der Waals surface area contributed by atoms with Crippen molar-refractivity contribution in [1.29, 1.82) is 0 Å². The average Bonchev–Trinajstić information content (AvgIpc) is 3.01. The minimum absolute atomic E-state index is 0.187. The van der Waals surface area contributed by atoms with E-state index in [0.717, 1.165) is 28.0 Å². The molecule has 0 aliphatic rings. The van der Waals surface area contributed by atoms with Crippen LogP contribution in [0.1, 0.15) is 48.9 Å². The minimum Gasteiger partial charge on any atom is -0.496 e. The SMILES string of the molecule is CCOc1cc(C=Nn2c(-c3cc(C(C)C)c(OC)cc3C)nc3ccccc3c2=O)cc(Br)c1OCc1ccc(F)cc1. The third kappa shape index (κ3) is 6.53. The number of fused-ring (bicyclic) bond motifs is 1. The summed E-state index contributed by atoms with van der Waals surface area (Å²) in [7, 11) is 1.66. The zero-order chi connectivity index (χ0) is 31.4. The Morgan fingerprint density at radius 3 is 2.48 bits per heavy atom. The highest BCUT2D eigenvalue weighted by molar-refractivity contribution is 9.10. The van der Waals surface area contributed by atoms with Gasteiger partial charge in [0, 0.05) is 5.56 Å². The van der Waals surface area contributed by atoms with Crippen LogP contribution in [0.5, 0.6) is 17.2 Å². The standard InChI is InChI=1S/C35H33BrFN3O4/c1-6-43-32-17-24(16-29(36)33(32)44-20-23-11-13-25(37)14-12-23)19-38-40-34(39-30-10-8-7-9-26(30)35(40)41)28-18-27(21(2)3)31(42-5)15-22(28)4/h7-19,21H,6,20H2,1-5H3. The first-order valence-corrected chi connectivity index (χ1v) is 15.1. The maximum atomic E-state index is 13.8. The van der Waals surface area contributed by atoms with Gasteiger partial charge in [-0.05, 0) is 106 Å². The third-order valence-corrected chi connectivity index (χ3v) is 7.73. The largest absolute Gasteiger partial charge is 0.496 e. The van der Waals surface area contributed by atoms with Crippen LogP contribution < -0.4 is 19.8 Å². The molecule has 0 radical (unpaired) electrons.